The molecule has 102 valence electrons. The van der Waals surface area contributed by atoms with Gasteiger partial charge in [0.25, 0.3) is 0 Å². The minimum Gasteiger partial charge on any atom is -0.345 e. The van der Waals surface area contributed by atoms with Gasteiger partial charge in [-0.3, -0.25) is 9.59 Å². The van der Waals surface area contributed by atoms with Crippen LogP contribution in [0.2, 0.25) is 10.0 Å². The molecule has 1 N–H and O–H groups in total. The molecule has 1 aliphatic heterocycles. The molecule has 1 atom stereocenters. The van der Waals surface area contributed by atoms with Crippen molar-refractivity contribution in [3.63, 3.8) is 0 Å². The summed E-state index contributed by atoms with van der Waals surface area (Å²) in [6.45, 7) is 2.53. The zero-order chi connectivity index (χ0) is 14.0. The molecule has 0 saturated carbocycles. The molecule has 0 spiro atoms. The second kappa shape index (κ2) is 5.80. The van der Waals surface area contributed by atoms with E-state index in [1.165, 1.54) is 0 Å². The Morgan fingerprint density at radius 3 is 2.74 bits per heavy atom. The van der Waals surface area contributed by atoms with E-state index < -0.39 is 6.04 Å². The number of benzene rings is 1. The first-order chi connectivity index (χ1) is 8.97. The normalized spacial score (nSPS) is 20.2. The fourth-order valence-corrected chi connectivity index (χ4v) is 2.33. The van der Waals surface area contributed by atoms with Gasteiger partial charge in [0.05, 0.1) is 10.0 Å². The highest BCUT2D eigenvalue weighted by Crippen LogP contribution is 2.23. The van der Waals surface area contributed by atoms with E-state index in [1.807, 2.05) is 6.07 Å². The van der Waals surface area contributed by atoms with E-state index >= 15 is 0 Å². The van der Waals surface area contributed by atoms with Gasteiger partial charge in [-0.05, 0) is 24.6 Å². The van der Waals surface area contributed by atoms with Crippen LogP contribution in [-0.4, -0.2) is 29.3 Å². The molecule has 19 heavy (non-hydrogen) atoms. The van der Waals surface area contributed by atoms with E-state index in [2.05, 4.69) is 5.32 Å². The number of nitrogens with one attached hydrogen (secondary N) is 1. The summed E-state index contributed by atoms with van der Waals surface area (Å²) in [4.78, 5) is 25.2. The first kappa shape index (κ1) is 14.2. The minimum absolute atomic E-state index is 0.0862. The molecular formula is C13H14Cl2N2O2. The number of amides is 2. The number of rotatable bonds is 2. The van der Waals surface area contributed by atoms with Crippen molar-refractivity contribution in [3.8, 4) is 0 Å². The molecule has 2 rings (SSSR count). The van der Waals surface area contributed by atoms with Gasteiger partial charge in [-0.2, -0.15) is 0 Å². The molecular weight excluding hydrogens is 287 g/mol. The molecule has 1 heterocycles. The van der Waals surface area contributed by atoms with Crippen molar-refractivity contribution >= 4 is 35.0 Å². The standard InChI is InChI=1S/C13H14Cl2N2O2/c1-8-13(19)17(5-4-12(18)16-8)7-9-2-3-10(14)11(15)6-9/h2-3,6,8H,4-5,7H2,1H3,(H,16,18). The van der Waals surface area contributed by atoms with Gasteiger partial charge in [-0.1, -0.05) is 29.3 Å². The van der Waals surface area contributed by atoms with Crippen molar-refractivity contribution in [1.82, 2.24) is 10.2 Å². The third-order valence-electron chi connectivity index (χ3n) is 3.03. The summed E-state index contributed by atoms with van der Waals surface area (Å²) in [6.07, 6.45) is 0.317. The second-order valence-electron chi connectivity index (χ2n) is 4.55. The quantitative estimate of drug-likeness (QED) is 0.910. The maximum absolute atomic E-state index is 12.1. The Morgan fingerprint density at radius 2 is 2.05 bits per heavy atom. The predicted molar refractivity (Wildman–Crippen MR) is 74.1 cm³/mol. The van der Waals surface area contributed by atoms with Gasteiger partial charge in [-0.25, -0.2) is 0 Å². The maximum Gasteiger partial charge on any atom is 0.245 e. The summed E-state index contributed by atoms with van der Waals surface area (Å²) in [7, 11) is 0. The zero-order valence-electron chi connectivity index (χ0n) is 10.5. The molecule has 1 aromatic carbocycles. The summed E-state index contributed by atoms with van der Waals surface area (Å²) < 4.78 is 0. The predicted octanol–water partition coefficient (Wildman–Crippen LogP) is 2.23. The lowest BCUT2D eigenvalue weighted by molar-refractivity contribution is -0.133. The number of hydrogen-bond acceptors (Lipinski definition) is 2. The first-order valence-electron chi connectivity index (χ1n) is 5.99. The third kappa shape index (κ3) is 3.39. The molecule has 1 saturated heterocycles. The maximum atomic E-state index is 12.1. The summed E-state index contributed by atoms with van der Waals surface area (Å²) in [5, 5.41) is 3.60. The van der Waals surface area contributed by atoms with Crippen LogP contribution in [0, 0.1) is 0 Å². The lowest BCUT2D eigenvalue weighted by Crippen LogP contribution is -2.42. The summed E-state index contributed by atoms with van der Waals surface area (Å²) in [6, 6.07) is 4.78. The molecule has 2 amide bonds. The Balaban J connectivity index is 2.14. The Labute approximate surface area is 121 Å². The molecule has 1 aromatic rings. The summed E-state index contributed by atoms with van der Waals surface area (Å²) in [5.74, 6) is -0.186. The third-order valence-corrected chi connectivity index (χ3v) is 3.76. The number of carbonyl (C=O) groups excluding carboxylic acids is 2. The number of hydrogen-bond donors (Lipinski definition) is 1. The Bertz CT molecular complexity index is 519. The van der Waals surface area contributed by atoms with Gasteiger partial charge in [-0.15, -0.1) is 0 Å². The average Bonchev–Trinajstić information content (AvgIpc) is 2.47. The highest BCUT2D eigenvalue weighted by molar-refractivity contribution is 6.42. The van der Waals surface area contributed by atoms with Crippen LogP contribution in [0.15, 0.2) is 18.2 Å². The van der Waals surface area contributed by atoms with E-state index in [9.17, 15) is 9.59 Å². The molecule has 1 unspecified atom stereocenters. The van der Waals surface area contributed by atoms with E-state index in [0.717, 1.165) is 5.56 Å². The zero-order valence-corrected chi connectivity index (χ0v) is 12.0. The van der Waals surface area contributed by atoms with Gasteiger partial charge in [0.2, 0.25) is 11.8 Å². The Kier molecular flexibility index (Phi) is 4.32. The second-order valence-corrected chi connectivity index (χ2v) is 5.36. The van der Waals surface area contributed by atoms with Crippen LogP contribution in [0.3, 0.4) is 0 Å². The first-order valence-corrected chi connectivity index (χ1v) is 6.75. The summed E-state index contributed by atoms with van der Waals surface area (Å²) in [5.41, 5.74) is 0.893. The van der Waals surface area contributed by atoms with Crippen LogP contribution in [0.1, 0.15) is 18.9 Å². The van der Waals surface area contributed by atoms with Crippen LogP contribution >= 0.6 is 23.2 Å². The van der Waals surface area contributed by atoms with Crippen molar-refractivity contribution in [2.75, 3.05) is 6.54 Å². The summed E-state index contributed by atoms with van der Waals surface area (Å²) >= 11 is 11.8. The van der Waals surface area contributed by atoms with Gasteiger partial charge >= 0.3 is 0 Å². The van der Waals surface area contributed by atoms with Crippen LogP contribution in [0.25, 0.3) is 0 Å². The van der Waals surface area contributed by atoms with Gasteiger partial charge < -0.3 is 10.2 Å². The number of halogens is 2. The number of nitrogens with zero attached hydrogens (tertiary/aromatic N) is 1. The topological polar surface area (TPSA) is 49.4 Å². The average molecular weight is 301 g/mol. The molecule has 6 heteroatoms. The van der Waals surface area contributed by atoms with Crippen LogP contribution in [0.4, 0.5) is 0 Å². The molecule has 0 aliphatic carbocycles. The van der Waals surface area contributed by atoms with E-state index in [-0.39, 0.29) is 11.8 Å². The van der Waals surface area contributed by atoms with Gasteiger partial charge in [0.1, 0.15) is 6.04 Å². The largest absolute Gasteiger partial charge is 0.345 e. The number of carbonyl (C=O) groups is 2. The molecule has 0 bridgehead atoms. The van der Waals surface area contributed by atoms with Crippen molar-refractivity contribution < 1.29 is 9.59 Å². The molecule has 4 nitrogen and oxygen atoms in total. The Hall–Kier alpha value is -1.26. The Morgan fingerprint density at radius 1 is 1.32 bits per heavy atom. The molecule has 0 radical (unpaired) electrons. The molecule has 1 fully saturated rings. The van der Waals surface area contributed by atoms with Crippen LogP contribution < -0.4 is 5.32 Å². The van der Waals surface area contributed by atoms with Crippen molar-refractivity contribution in [2.24, 2.45) is 0 Å². The molecule has 1 aliphatic rings. The van der Waals surface area contributed by atoms with Gasteiger partial charge in [0, 0.05) is 19.5 Å². The van der Waals surface area contributed by atoms with E-state index in [0.29, 0.717) is 29.6 Å². The monoisotopic (exact) mass is 300 g/mol. The van der Waals surface area contributed by atoms with Crippen molar-refractivity contribution in [3.05, 3.63) is 33.8 Å². The van der Waals surface area contributed by atoms with Crippen LogP contribution in [-0.2, 0) is 16.1 Å². The lowest BCUT2D eigenvalue weighted by atomic mass is 10.2. The van der Waals surface area contributed by atoms with E-state index in [1.54, 1.807) is 24.0 Å². The van der Waals surface area contributed by atoms with Crippen molar-refractivity contribution in [2.45, 2.75) is 25.9 Å². The van der Waals surface area contributed by atoms with Crippen molar-refractivity contribution in [1.29, 1.82) is 0 Å². The van der Waals surface area contributed by atoms with Crippen LogP contribution in [0.5, 0.6) is 0 Å². The fraction of sp³-hybridized carbons (Fsp3) is 0.385. The smallest absolute Gasteiger partial charge is 0.245 e. The fourth-order valence-electron chi connectivity index (χ4n) is 2.01. The highest BCUT2D eigenvalue weighted by atomic mass is 35.5. The minimum atomic E-state index is -0.488. The SMILES string of the molecule is CC1NC(=O)CCN(Cc2ccc(Cl)c(Cl)c2)C1=O. The lowest BCUT2D eigenvalue weighted by Gasteiger charge is -2.22. The molecule has 0 aromatic heterocycles. The van der Waals surface area contributed by atoms with Gasteiger partial charge in [0.15, 0.2) is 0 Å². The highest BCUT2D eigenvalue weighted by Gasteiger charge is 2.26. The van der Waals surface area contributed by atoms with E-state index in [4.69, 9.17) is 23.2 Å².